The second kappa shape index (κ2) is 6.07. The summed E-state index contributed by atoms with van der Waals surface area (Å²) in [6, 6.07) is 0.476. The number of halogens is 1. The van der Waals surface area contributed by atoms with E-state index in [1.807, 2.05) is 16.0 Å². The van der Waals surface area contributed by atoms with E-state index in [1.54, 1.807) is 11.3 Å². The van der Waals surface area contributed by atoms with E-state index in [0.29, 0.717) is 17.1 Å². The number of aromatic nitrogens is 2. The topological polar surface area (TPSA) is 29.3 Å². The van der Waals surface area contributed by atoms with Gasteiger partial charge in [0.1, 0.15) is 0 Å². The summed E-state index contributed by atoms with van der Waals surface area (Å²) in [6.45, 7) is 9.59. The van der Waals surface area contributed by atoms with Crippen molar-refractivity contribution in [2.45, 2.75) is 33.7 Å². The molecule has 2 aromatic rings. The van der Waals surface area contributed by atoms with E-state index in [1.165, 1.54) is 5.57 Å². The molecule has 0 fully saturated rings. The molecule has 2 heterocycles. The molecule has 1 N–H and O–H groups in total. The number of rotatable bonds is 5. The van der Waals surface area contributed by atoms with Crippen LogP contribution in [-0.2, 0) is 0 Å². The lowest BCUT2D eigenvalue weighted by Gasteiger charge is -2.15. The Labute approximate surface area is 123 Å². The Balaban J connectivity index is 2.34. The van der Waals surface area contributed by atoms with Crippen molar-refractivity contribution in [1.29, 1.82) is 0 Å². The maximum Gasteiger partial charge on any atom is 0.195 e. The highest BCUT2D eigenvalue weighted by Gasteiger charge is 2.12. The summed E-state index contributed by atoms with van der Waals surface area (Å²) in [6.07, 6.45) is 4.17. The molecular formula is C14H20ClN3S. The van der Waals surface area contributed by atoms with Gasteiger partial charge in [-0.25, -0.2) is 4.98 Å². The molecule has 0 radical (unpaired) electrons. The molecule has 0 aromatic carbocycles. The highest BCUT2D eigenvalue weighted by atomic mass is 35.5. The molecular weight excluding hydrogens is 278 g/mol. The van der Waals surface area contributed by atoms with Gasteiger partial charge in [-0.3, -0.25) is 4.40 Å². The second-order valence-corrected chi connectivity index (χ2v) is 6.48. The van der Waals surface area contributed by atoms with E-state index in [-0.39, 0.29) is 0 Å². The standard InChI is InChI=1S/C14H20ClN3S/c1-9(2)11(8-16-10(3)4)7-12-13(15)17-14-18(12)5-6-19-14/h5-7,9-10,16H,8H2,1-4H3. The number of nitrogens with zero attached hydrogens (tertiary/aromatic N) is 2. The average molecular weight is 298 g/mol. The molecule has 0 atom stereocenters. The zero-order chi connectivity index (χ0) is 14.0. The van der Waals surface area contributed by atoms with Gasteiger partial charge >= 0.3 is 0 Å². The Hall–Kier alpha value is -0.840. The summed E-state index contributed by atoms with van der Waals surface area (Å²) in [5.74, 6) is 0.478. The van der Waals surface area contributed by atoms with E-state index in [9.17, 15) is 0 Å². The first-order chi connectivity index (χ1) is 8.99. The Morgan fingerprint density at radius 2 is 2.21 bits per heavy atom. The van der Waals surface area contributed by atoms with Crippen molar-refractivity contribution >= 4 is 34.0 Å². The van der Waals surface area contributed by atoms with Crippen LogP contribution >= 0.6 is 22.9 Å². The van der Waals surface area contributed by atoms with Crippen LogP contribution in [0.3, 0.4) is 0 Å². The lowest BCUT2D eigenvalue weighted by atomic mass is 10.0. The summed E-state index contributed by atoms with van der Waals surface area (Å²) in [7, 11) is 0. The van der Waals surface area contributed by atoms with Crippen LogP contribution in [0.5, 0.6) is 0 Å². The first-order valence-electron chi connectivity index (χ1n) is 6.54. The van der Waals surface area contributed by atoms with E-state index in [0.717, 1.165) is 17.2 Å². The fourth-order valence-corrected chi connectivity index (χ4v) is 2.82. The maximum absolute atomic E-state index is 6.23. The van der Waals surface area contributed by atoms with Gasteiger partial charge in [0.05, 0.1) is 5.69 Å². The van der Waals surface area contributed by atoms with Crippen molar-refractivity contribution in [3.63, 3.8) is 0 Å². The molecule has 0 saturated heterocycles. The molecule has 2 rings (SSSR count). The fourth-order valence-electron chi connectivity index (χ4n) is 1.83. The third-order valence-corrected chi connectivity index (χ3v) is 4.07. The molecule has 0 aliphatic rings. The van der Waals surface area contributed by atoms with Gasteiger partial charge in [-0.1, -0.05) is 44.9 Å². The van der Waals surface area contributed by atoms with Gasteiger partial charge < -0.3 is 5.32 Å². The normalized spacial score (nSPS) is 13.1. The summed E-state index contributed by atoms with van der Waals surface area (Å²) in [5.41, 5.74) is 2.32. The number of nitrogens with one attached hydrogen (secondary N) is 1. The van der Waals surface area contributed by atoms with Gasteiger partial charge in [0.2, 0.25) is 0 Å². The molecule has 0 amide bonds. The van der Waals surface area contributed by atoms with Crippen molar-refractivity contribution < 1.29 is 0 Å². The third-order valence-electron chi connectivity index (χ3n) is 3.03. The van der Waals surface area contributed by atoms with Crippen LogP contribution < -0.4 is 5.32 Å². The van der Waals surface area contributed by atoms with Crippen LogP contribution in [0.25, 0.3) is 11.0 Å². The number of hydrogen-bond donors (Lipinski definition) is 1. The number of imidazole rings is 1. The quantitative estimate of drug-likeness (QED) is 0.901. The van der Waals surface area contributed by atoms with Gasteiger partial charge in [0.15, 0.2) is 10.1 Å². The Kier molecular flexibility index (Phi) is 4.66. The van der Waals surface area contributed by atoms with Crippen molar-refractivity contribution in [2.24, 2.45) is 5.92 Å². The minimum atomic E-state index is 0.476. The molecule has 5 heteroatoms. The number of fused-ring (bicyclic) bond motifs is 1. The predicted molar refractivity (Wildman–Crippen MR) is 84.0 cm³/mol. The molecule has 0 spiro atoms. The van der Waals surface area contributed by atoms with Crippen LogP contribution in [0.1, 0.15) is 33.4 Å². The lowest BCUT2D eigenvalue weighted by molar-refractivity contribution is 0.593. The van der Waals surface area contributed by atoms with Crippen molar-refractivity contribution in [1.82, 2.24) is 14.7 Å². The Morgan fingerprint density at radius 3 is 2.84 bits per heavy atom. The smallest absolute Gasteiger partial charge is 0.195 e. The number of thiazole rings is 1. The van der Waals surface area contributed by atoms with E-state index < -0.39 is 0 Å². The predicted octanol–water partition coefficient (Wildman–Crippen LogP) is 4.09. The first-order valence-corrected chi connectivity index (χ1v) is 7.79. The minimum Gasteiger partial charge on any atom is -0.311 e. The van der Waals surface area contributed by atoms with Crippen molar-refractivity contribution in [2.75, 3.05) is 6.54 Å². The SMILES string of the molecule is CC(C)NCC(=Cc1c(Cl)nc2sccn12)C(C)C. The summed E-state index contributed by atoms with van der Waals surface area (Å²) >= 11 is 7.83. The summed E-state index contributed by atoms with van der Waals surface area (Å²) in [5, 5.41) is 6.07. The maximum atomic E-state index is 6.23. The zero-order valence-corrected chi connectivity index (χ0v) is 13.3. The van der Waals surface area contributed by atoms with Gasteiger partial charge in [0.25, 0.3) is 0 Å². The average Bonchev–Trinajstić information content (AvgIpc) is 2.85. The molecule has 0 aliphatic carbocycles. The van der Waals surface area contributed by atoms with Crippen molar-refractivity contribution in [3.05, 3.63) is 28.0 Å². The minimum absolute atomic E-state index is 0.476. The highest BCUT2D eigenvalue weighted by Crippen LogP contribution is 2.25. The molecule has 104 valence electrons. The fraction of sp³-hybridized carbons (Fsp3) is 0.500. The van der Waals surface area contributed by atoms with Crippen LogP contribution in [0.15, 0.2) is 17.2 Å². The molecule has 0 unspecified atom stereocenters. The molecule has 0 saturated carbocycles. The van der Waals surface area contributed by atoms with E-state index in [4.69, 9.17) is 11.6 Å². The molecule has 19 heavy (non-hydrogen) atoms. The van der Waals surface area contributed by atoms with Crippen LogP contribution in [0.4, 0.5) is 0 Å². The first kappa shape index (κ1) is 14.6. The second-order valence-electron chi connectivity index (χ2n) is 5.25. The van der Waals surface area contributed by atoms with Crippen LogP contribution in [0.2, 0.25) is 5.15 Å². The zero-order valence-electron chi connectivity index (χ0n) is 11.8. The third kappa shape index (κ3) is 3.38. The van der Waals surface area contributed by atoms with E-state index in [2.05, 4.69) is 44.1 Å². The van der Waals surface area contributed by atoms with Gasteiger partial charge in [0, 0.05) is 24.2 Å². The Bertz CT molecular complexity index is 581. The van der Waals surface area contributed by atoms with Gasteiger partial charge in [-0.2, -0.15) is 0 Å². The van der Waals surface area contributed by atoms with Crippen LogP contribution in [0, 0.1) is 5.92 Å². The van der Waals surface area contributed by atoms with Gasteiger partial charge in [-0.05, 0) is 12.0 Å². The Morgan fingerprint density at radius 1 is 1.47 bits per heavy atom. The molecule has 0 bridgehead atoms. The lowest BCUT2D eigenvalue weighted by Crippen LogP contribution is -2.26. The molecule has 0 aliphatic heterocycles. The van der Waals surface area contributed by atoms with E-state index >= 15 is 0 Å². The largest absolute Gasteiger partial charge is 0.311 e. The molecule has 3 nitrogen and oxygen atoms in total. The van der Waals surface area contributed by atoms with Gasteiger partial charge in [-0.15, -0.1) is 11.3 Å². The highest BCUT2D eigenvalue weighted by molar-refractivity contribution is 7.15. The van der Waals surface area contributed by atoms with Crippen LogP contribution in [-0.4, -0.2) is 22.0 Å². The number of hydrogen-bond acceptors (Lipinski definition) is 3. The molecule has 2 aromatic heterocycles. The monoisotopic (exact) mass is 297 g/mol. The van der Waals surface area contributed by atoms with Crippen molar-refractivity contribution in [3.8, 4) is 0 Å². The summed E-state index contributed by atoms with van der Waals surface area (Å²) < 4.78 is 2.05. The summed E-state index contributed by atoms with van der Waals surface area (Å²) in [4.78, 5) is 5.30.